The summed E-state index contributed by atoms with van der Waals surface area (Å²) < 4.78 is 0. The molecule has 3 nitrogen and oxygen atoms in total. The molecule has 3 heteroatoms. The van der Waals surface area contributed by atoms with E-state index in [0.717, 1.165) is 38.2 Å². The molecule has 2 rings (SSSR count). The first-order chi connectivity index (χ1) is 8.16. The van der Waals surface area contributed by atoms with E-state index in [2.05, 4.69) is 11.0 Å². The molecule has 17 heavy (non-hydrogen) atoms. The number of benzene rings is 1. The Morgan fingerprint density at radius 2 is 2.00 bits per heavy atom. The van der Waals surface area contributed by atoms with Gasteiger partial charge in [-0.1, -0.05) is 18.2 Å². The van der Waals surface area contributed by atoms with Gasteiger partial charge in [0.2, 0.25) is 0 Å². The minimum atomic E-state index is -0.168. The first kappa shape index (κ1) is 12.4. The van der Waals surface area contributed by atoms with Gasteiger partial charge in [-0.25, -0.2) is 0 Å². The number of aliphatic hydroxyl groups is 1. The third-order valence-electron chi connectivity index (χ3n) is 3.76. The molecule has 1 heterocycles. The van der Waals surface area contributed by atoms with Gasteiger partial charge in [0.25, 0.3) is 0 Å². The number of anilines is 1. The smallest absolute Gasteiger partial charge is 0.0541 e. The van der Waals surface area contributed by atoms with E-state index in [4.69, 9.17) is 5.73 Å². The lowest BCUT2D eigenvalue weighted by Crippen LogP contribution is -2.36. The zero-order valence-electron chi connectivity index (χ0n) is 10.5. The van der Waals surface area contributed by atoms with Gasteiger partial charge in [0.15, 0.2) is 0 Å². The Labute approximate surface area is 103 Å². The van der Waals surface area contributed by atoms with E-state index in [9.17, 15) is 5.11 Å². The maximum atomic E-state index is 9.56. The second-order valence-corrected chi connectivity index (χ2v) is 5.05. The normalized spacial score (nSPS) is 20.4. The number of para-hydroxylation sites is 1. The predicted molar refractivity (Wildman–Crippen MR) is 70.5 cm³/mol. The number of nitrogen functional groups attached to an aromatic ring is 1. The SMILES string of the molecule is CC(O)C1CCN(Cc2ccccc2N)CC1. The molecule has 3 N–H and O–H groups in total. The van der Waals surface area contributed by atoms with Gasteiger partial charge in [0.05, 0.1) is 6.10 Å². The van der Waals surface area contributed by atoms with Crippen LogP contribution < -0.4 is 5.73 Å². The highest BCUT2D eigenvalue weighted by Crippen LogP contribution is 2.23. The Kier molecular flexibility index (Phi) is 4.02. The number of piperidine rings is 1. The van der Waals surface area contributed by atoms with Crippen molar-refractivity contribution >= 4 is 5.69 Å². The van der Waals surface area contributed by atoms with Crippen molar-refractivity contribution in [2.45, 2.75) is 32.4 Å². The molecule has 1 atom stereocenters. The van der Waals surface area contributed by atoms with E-state index in [0.29, 0.717) is 5.92 Å². The van der Waals surface area contributed by atoms with Crippen molar-refractivity contribution in [3.8, 4) is 0 Å². The topological polar surface area (TPSA) is 49.5 Å². The summed E-state index contributed by atoms with van der Waals surface area (Å²) in [6.45, 7) is 4.95. The molecule has 0 aliphatic carbocycles. The zero-order valence-corrected chi connectivity index (χ0v) is 10.5. The van der Waals surface area contributed by atoms with Gasteiger partial charge in [-0.15, -0.1) is 0 Å². The second-order valence-electron chi connectivity index (χ2n) is 5.05. The lowest BCUT2D eigenvalue weighted by Gasteiger charge is -2.33. The van der Waals surface area contributed by atoms with Gasteiger partial charge in [-0.2, -0.15) is 0 Å². The fraction of sp³-hybridized carbons (Fsp3) is 0.571. The van der Waals surface area contributed by atoms with Crippen molar-refractivity contribution in [1.29, 1.82) is 0 Å². The standard InChI is InChI=1S/C14H22N2O/c1-11(17)12-6-8-16(9-7-12)10-13-4-2-3-5-14(13)15/h2-5,11-12,17H,6-10,15H2,1H3. The van der Waals surface area contributed by atoms with Gasteiger partial charge in [0, 0.05) is 12.2 Å². The Morgan fingerprint density at radius 3 is 2.59 bits per heavy atom. The summed E-state index contributed by atoms with van der Waals surface area (Å²) in [7, 11) is 0. The summed E-state index contributed by atoms with van der Waals surface area (Å²) in [6, 6.07) is 8.06. The van der Waals surface area contributed by atoms with Crippen LogP contribution in [-0.2, 0) is 6.54 Å². The second kappa shape index (κ2) is 5.52. The first-order valence-electron chi connectivity index (χ1n) is 6.40. The molecule has 0 radical (unpaired) electrons. The van der Waals surface area contributed by atoms with Gasteiger partial charge < -0.3 is 10.8 Å². The molecule has 0 bridgehead atoms. The monoisotopic (exact) mass is 234 g/mol. The quantitative estimate of drug-likeness (QED) is 0.785. The number of aliphatic hydroxyl groups excluding tert-OH is 1. The van der Waals surface area contributed by atoms with E-state index < -0.39 is 0 Å². The third kappa shape index (κ3) is 3.20. The Morgan fingerprint density at radius 1 is 1.35 bits per heavy atom. The maximum Gasteiger partial charge on any atom is 0.0541 e. The summed E-state index contributed by atoms with van der Waals surface area (Å²) >= 11 is 0. The van der Waals surface area contributed by atoms with Crippen molar-refractivity contribution < 1.29 is 5.11 Å². The van der Waals surface area contributed by atoms with Crippen molar-refractivity contribution in [2.24, 2.45) is 5.92 Å². The van der Waals surface area contributed by atoms with Crippen LogP contribution in [0.4, 0.5) is 5.69 Å². The maximum absolute atomic E-state index is 9.56. The minimum absolute atomic E-state index is 0.168. The lowest BCUT2D eigenvalue weighted by atomic mass is 9.92. The zero-order chi connectivity index (χ0) is 12.3. The molecule has 1 unspecified atom stereocenters. The number of nitrogens with two attached hydrogens (primary N) is 1. The molecular weight excluding hydrogens is 212 g/mol. The fourth-order valence-corrected chi connectivity index (χ4v) is 2.51. The largest absolute Gasteiger partial charge is 0.398 e. The van der Waals surface area contributed by atoms with Crippen LogP contribution in [0, 0.1) is 5.92 Å². The summed E-state index contributed by atoms with van der Waals surface area (Å²) in [5.41, 5.74) is 8.04. The molecule has 0 saturated carbocycles. The third-order valence-corrected chi connectivity index (χ3v) is 3.76. The van der Waals surface area contributed by atoms with Crippen LogP contribution in [0.15, 0.2) is 24.3 Å². The number of rotatable bonds is 3. The highest BCUT2D eigenvalue weighted by atomic mass is 16.3. The van der Waals surface area contributed by atoms with E-state index in [1.807, 2.05) is 25.1 Å². The van der Waals surface area contributed by atoms with E-state index in [1.165, 1.54) is 5.56 Å². The molecule has 1 fully saturated rings. The summed E-state index contributed by atoms with van der Waals surface area (Å²) in [6.07, 6.45) is 2.01. The van der Waals surface area contributed by atoms with E-state index in [1.54, 1.807) is 0 Å². The van der Waals surface area contributed by atoms with Crippen molar-refractivity contribution in [1.82, 2.24) is 4.90 Å². The molecule has 1 aromatic rings. The molecular formula is C14H22N2O. The minimum Gasteiger partial charge on any atom is -0.398 e. The molecule has 1 saturated heterocycles. The van der Waals surface area contributed by atoms with Crippen molar-refractivity contribution in [3.05, 3.63) is 29.8 Å². The van der Waals surface area contributed by atoms with Crippen LogP contribution in [0.5, 0.6) is 0 Å². The molecule has 1 aliphatic rings. The average Bonchev–Trinajstić information content (AvgIpc) is 2.33. The van der Waals surface area contributed by atoms with Crippen molar-refractivity contribution in [3.63, 3.8) is 0 Å². The molecule has 0 aromatic heterocycles. The van der Waals surface area contributed by atoms with Crippen LogP contribution in [0.25, 0.3) is 0 Å². The molecule has 1 aromatic carbocycles. The van der Waals surface area contributed by atoms with Crippen molar-refractivity contribution in [2.75, 3.05) is 18.8 Å². The van der Waals surface area contributed by atoms with E-state index >= 15 is 0 Å². The van der Waals surface area contributed by atoms with Gasteiger partial charge in [-0.05, 0) is 50.4 Å². The van der Waals surface area contributed by atoms with Crippen LogP contribution in [0.1, 0.15) is 25.3 Å². The summed E-state index contributed by atoms with van der Waals surface area (Å²) in [5.74, 6) is 0.472. The Bertz CT molecular complexity index is 357. The number of hydrogen-bond donors (Lipinski definition) is 2. The number of nitrogens with zero attached hydrogens (tertiary/aromatic N) is 1. The van der Waals surface area contributed by atoms with Gasteiger partial charge in [0.1, 0.15) is 0 Å². The highest BCUT2D eigenvalue weighted by molar-refractivity contribution is 5.46. The summed E-state index contributed by atoms with van der Waals surface area (Å²) in [5, 5.41) is 9.56. The Balaban J connectivity index is 1.88. The van der Waals surface area contributed by atoms with Crippen LogP contribution in [-0.4, -0.2) is 29.2 Å². The Hall–Kier alpha value is -1.06. The van der Waals surface area contributed by atoms with E-state index in [-0.39, 0.29) is 6.10 Å². The number of likely N-dealkylation sites (tertiary alicyclic amines) is 1. The van der Waals surface area contributed by atoms with Gasteiger partial charge >= 0.3 is 0 Å². The van der Waals surface area contributed by atoms with Crippen LogP contribution in [0.3, 0.4) is 0 Å². The average molecular weight is 234 g/mol. The molecule has 0 amide bonds. The summed E-state index contributed by atoms with van der Waals surface area (Å²) in [4.78, 5) is 2.42. The molecule has 0 spiro atoms. The van der Waals surface area contributed by atoms with Gasteiger partial charge in [-0.3, -0.25) is 4.90 Å². The lowest BCUT2D eigenvalue weighted by molar-refractivity contribution is 0.0696. The molecule has 94 valence electrons. The molecule has 1 aliphatic heterocycles. The highest BCUT2D eigenvalue weighted by Gasteiger charge is 2.22. The van der Waals surface area contributed by atoms with Crippen LogP contribution in [0.2, 0.25) is 0 Å². The fourth-order valence-electron chi connectivity index (χ4n) is 2.51. The van der Waals surface area contributed by atoms with Crippen LogP contribution >= 0.6 is 0 Å². The predicted octanol–water partition coefficient (Wildman–Crippen LogP) is 1.86. The number of hydrogen-bond acceptors (Lipinski definition) is 3. The first-order valence-corrected chi connectivity index (χ1v) is 6.40.